The molecule has 3 rings (SSSR count). The zero-order chi connectivity index (χ0) is 20.8. The van der Waals surface area contributed by atoms with E-state index in [-0.39, 0.29) is 11.9 Å². The lowest BCUT2D eigenvalue weighted by atomic mass is 10.0. The number of piperidine rings is 1. The molecule has 0 aliphatic carbocycles. The van der Waals surface area contributed by atoms with Crippen LogP contribution in [-0.2, 0) is 14.3 Å². The van der Waals surface area contributed by atoms with E-state index in [0.717, 1.165) is 43.5 Å². The normalized spacial score (nSPS) is 14.8. The fourth-order valence-corrected chi connectivity index (χ4v) is 3.33. The number of nitrogens with zero attached hydrogens (tertiary/aromatic N) is 1. The van der Waals surface area contributed by atoms with Gasteiger partial charge in [0.25, 0.3) is 5.91 Å². The smallest absolute Gasteiger partial charge is 0.338 e. The quantitative estimate of drug-likeness (QED) is 0.568. The minimum atomic E-state index is -0.797. The molecule has 0 unspecified atom stereocenters. The van der Waals surface area contributed by atoms with Gasteiger partial charge in [0.15, 0.2) is 6.10 Å². The maximum Gasteiger partial charge on any atom is 0.338 e. The summed E-state index contributed by atoms with van der Waals surface area (Å²) in [5.74, 6) is -0.537. The van der Waals surface area contributed by atoms with Crippen LogP contribution in [0.2, 0.25) is 0 Å². The highest BCUT2D eigenvalue weighted by Gasteiger charge is 2.25. The topological polar surface area (TPSA) is 72.9 Å². The van der Waals surface area contributed by atoms with Crippen molar-refractivity contribution in [2.24, 2.45) is 0 Å². The van der Waals surface area contributed by atoms with Gasteiger partial charge in [0, 0.05) is 20.0 Å². The highest BCUT2D eigenvalue weighted by Crippen LogP contribution is 2.23. The Morgan fingerprint density at radius 2 is 1.41 bits per heavy atom. The summed E-state index contributed by atoms with van der Waals surface area (Å²) in [7, 11) is 0. The number of rotatable bonds is 5. The van der Waals surface area contributed by atoms with Gasteiger partial charge >= 0.3 is 11.9 Å². The van der Waals surface area contributed by atoms with Gasteiger partial charge in [-0.25, -0.2) is 4.79 Å². The monoisotopic (exact) mass is 395 g/mol. The SMILES string of the molecule is CC(=O)Oc1ccc(-c2ccc(C(=O)O[C@@H](C)C(=O)N3CCCCC3)cc2)cc1. The molecule has 1 atom stereocenters. The molecule has 1 aliphatic heterocycles. The number of ether oxygens (including phenoxy) is 2. The van der Waals surface area contributed by atoms with Crippen molar-refractivity contribution < 1.29 is 23.9 Å². The van der Waals surface area contributed by atoms with Gasteiger partial charge in [-0.1, -0.05) is 24.3 Å². The van der Waals surface area contributed by atoms with Crippen molar-refractivity contribution in [3.05, 3.63) is 54.1 Å². The summed E-state index contributed by atoms with van der Waals surface area (Å²) < 4.78 is 10.4. The second kappa shape index (κ2) is 9.37. The summed E-state index contributed by atoms with van der Waals surface area (Å²) in [6, 6.07) is 14.1. The third-order valence-corrected chi connectivity index (χ3v) is 4.87. The fraction of sp³-hybridized carbons (Fsp3) is 0.348. The van der Waals surface area contributed by atoms with Crippen molar-refractivity contribution in [2.45, 2.75) is 39.2 Å². The van der Waals surface area contributed by atoms with Crippen molar-refractivity contribution in [3.8, 4) is 16.9 Å². The molecule has 1 aliphatic rings. The molecule has 6 nitrogen and oxygen atoms in total. The molecule has 1 fully saturated rings. The molecule has 2 aromatic rings. The second-order valence-electron chi connectivity index (χ2n) is 7.13. The lowest BCUT2D eigenvalue weighted by Crippen LogP contribution is -2.42. The molecule has 2 aromatic carbocycles. The number of amides is 1. The first-order valence-corrected chi connectivity index (χ1v) is 9.83. The van der Waals surface area contributed by atoms with Gasteiger partial charge in [0.2, 0.25) is 0 Å². The van der Waals surface area contributed by atoms with Crippen LogP contribution >= 0.6 is 0 Å². The van der Waals surface area contributed by atoms with E-state index < -0.39 is 12.1 Å². The van der Waals surface area contributed by atoms with E-state index in [2.05, 4.69) is 0 Å². The Balaban J connectivity index is 1.61. The summed E-state index contributed by atoms with van der Waals surface area (Å²) >= 11 is 0. The molecule has 6 heteroatoms. The number of hydrogen-bond acceptors (Lipinski definition) is 5. The predicted octanol–water partition coefficient (Wildman–Crippen LogP) is 3.84. The summed E-state index contributed by atoms with van der Waals surface area (Å²) in [6.45, 7) is 4.43. The average molecular weight is 395 g/mol. The van der Waals surface area contributed by atoms with Gasteiger partial charge in [-0.2, -0.15) is 0 Å². The maximum absolute atomic E-state index is 12.4. The first-order chi connectivity index (χ1) is 13.9. The van der Waals surface area contributed by atoms with Gasteiger partial charge in [-0.15, -0.1) is 0 Å². The first kappa shape index (κ1) is 20.6. The molecule has 1 amide bonds. The van der Waals surface area contributed by atoms with Gasteiger partial charge < -0.3 is 14.4 Å². The van der Waals surface area contributed by atoms with Gasteiger partial charge in [0.05, 0.1) is 5.56 Å². The number of esters is 2. The van der Waals surface area contributed by atoms with E-state index >= 15 is 0 Å². The molecule has 0 saturated carbocycles. The molecule has 0 spiro atoms. The predicted molar refractivity (Wildman–Crippen MR) is 108 cm³/mol. The third kappa shape index (κ3) is 5.44. The van der Waals surface area contributed by atoms with Crippen LogP contribution in [-0.4, -0.2) is 41.9 Å². The second-order valence-corrected chi connectivity index (χ2v) is 7.13. The molecule has 1 saturated heterocycles. The summed E-state index contributed by atoms with van der Waals surface area (Å²) in [6.07, 6.45) is 2.33. The van der Waals surface area contributed by atoms with Crippen LogP contribution in [0.25, 0.3) is 11.1 Å². The fourth-order valence-electron chi connectivity index (χ4n) is 3.33. The third-order valence-electron chi connectivity index (χ3n) is 4.87. The number of hydrogen-bond donors (Lipinski definition) is 0. The average Bonchev–Trinajstić information content (AvgIpc) is 2.74. The van der Waals surface area contributed by atoms with Crippen LogP contribution in [0.3, 0.4) is 0 Å². The molecule has 0 aromatic heterocycles. The lowest BCUT2D eigenvalue weighted by Gasteiger charge is -2.28. The van der Waals surface area contributed by atoms with Crippen molar-refractivity contribution in [2.75, 3.05) is 13.1 Å². The summed E-state index contributed by atoms with van der Waals surface area (Å²) in [4.78, 5) is 37.6. The molecule has 0 radical (unpaired) electrons. The molecular weight excluding hydrogens is 370 g/mol. The zero-order valence-corrected chi connectivity index (χ0v) is 16.7. The molecule has 1 heterocycles. The number of likely N-dealkylation sites (tertiary alicyclic amines) is 1. The van der Waals surface area contributed by atoms with Crippen LogP contribution in [0.4, 0.5) is 0 Å². The molecular formula is C23H25NO5. The van der Waals surface area contributed by atoms with Crippen molar-refractivity contribution >= 4 is 17.8 Å². The Hall–Kier alpha value is -3.15. The van der Waals surface area contributed by atoms with Crippen molar-refractivity contribution in [1.82, 2.24) is 4.90 Å². The van der Waals surface area contributed by atoms with E-state index in [1.54, 1.807) is 36.1 Å². The zero-order valence-electron chi connectivity index (χ0n) is 16.7. The van der Waals surface area contributed by atoms with Gasteiger partial charge in [0.1, 0.15) is 5.75 Å². The maximum atomic E-state index is 12.4. The van der Waals surface area contributed by atoms with E-state index in [1.807, 2.05) is 24.3 Å². The number of benzene rings is 2. The summed E-state index contributed by atoms with van der Waals surface area (Å²) in [5, 5.41) is 0. The largest absolute Gasteiger partial charge is 0.449 e. The van der Waals surface area contributed by atoms with Crippen LogP contribution < -0.4 is 4.74 Å². The van der Waals surface area contributed by atoms with E-state index in [4.69, 9.17) is 9.47 Å². The molecule has 0 N–H and O–H groups in total. The Bertz CT molecular complexity index is 867. The number of carbonyl (C=O) groups is 3. The lowest BCUT2D eigenvalue weighted by molar-refractivity contribution is -0.140. The minimum absolute atomic E-state index is 0.137. The van der Waals surface area contributed by atoms with E-state index in [0.29, 0.717) is 11.3 Å². The molecule has 152 valence electrons. The van der Waals surface area contributed by atoms with Gasteiger partial charge in [-0.3, -0.25) is 9.59 Å². The Morgan fingerprint density at radius 3 is 1.97 bits per heavy atom. The van der Waals surface area contributed by atoms with Crippen LogP contribution in [0.5, 0.6) is 5.75 Å². The standard InChI is InChI=1S/C23H25NO5/c1-16(22(26)24-14-4-3-5-15-24)28-23(27)20-8-6-18(7-9-20)19-10-12-21(13-11-19)29-17(2)25/h6-13,16H,3-5,14-15H2,1-2H3/t16-/m0/s1. The van der Waals surface area contributed by atoms with Gasteiger partial charge in [-0.05, 0) is 61.6 Å². The van der Waals surface area contributed by atoms with E-state index in [9.17, 15) is 14.4 Å². The molecule has 29 heavy (non-hydrogen) atoms. The highest BCUT2D eigenvalue weighted by atomic mass is 16.5. The summed E-state index contributed by atoms with van der Waals surface area (Å²) in [5.41, 5.74) is 2.23. The van der Waals surface area contributed by atoms with E-state index in [1.165, 1.54) is 6.92 Å². The Labute approximate surface area is 170 Å². The van der Waals surface area contributed by atoms with Crippen molar-refractivity contribution in [3.63, 3.8) is 0 Å². The van der Waals surface area contributed by atoms with Crippen LogP contribution in [0.15, 0.2) is 48.5 Å². The first-order valence-electron chi connectivity index (χ1n) is 9.83. The van der Waals surface area contributed by atoms with Crippen molar-refractivity contribution in [1.29, 1.82) is 0 Å². The van der Waals surface area contributed by atoms with Crippen LogP contribution in [0, 0.1) is 0 Å². The number of carbonyl (C=O) groups excluding carboxylic acids is 3. The molecule has 0 bridgehead atoms. The highest BCUT2D eigenvalue weighted by molar-refractivity contribution is 5.92. The minimum Gasteiger partial charge on any atom is -0.449 e. The van der Waals surface area contributed by atoms with Crippen LogP contribution in [0.1, 0.15) is 43.5 Å². The Morgan fingerprint density at radius 1 is 0.862 bits per heavy atom. The Kier molecular flexibility index (Phi) is 6.65.